The lowest BCUT2D eigenvalue weighted by Gasteiger charge is -2.21. The molecule has 2 aliphatic rings. The van der Waals surface area contributed by atoms with Gasteiger partial charge in [0, 0.05) is 24.1 Å². The number of allylic oxidation sites excluding steroid dienone is 2. The van der Waals surface area contributed by atoms with Crippen molar-refractivity contribution in [3.05, 3.63) is 90.4 Å². The van der Waals surface area contributed by atoms with Crippen LogP contribution in [0.5, 0.6) is 23.0 Å². The summed E-state index contributed by atoms with van der Waals surface area (Å²) in [6.07, 6.45) is 5.61. The standard InChI is InChI=1S/C14H13NO3.C14H14NO2.HI/c1-2-7-15-12(16)6-4-10-3-5-11-14(13(10)15)18-9-8-17-11;1-2-7-15-8-3-4-11-5-6-12-14(13(11)15)17-10-9-16-12;/h2-6H,1,7-9H2;2-6,8H,1,7,9-10H2;1H/q;+1;/p-1. The number of aromatic nitrogens is 2. The summed E-state index contributed by atoms with van der Waals surface area (Å²) in [6.45, 7) is 10.9. The largest absolute Gasteiger partial charge is 1.00 e. The summed E-state index contributed by atoms with van der Waals surface area (Å²) in [5.74, 6) is 3.01. The molecule has 4 heterocycles. The van der Waals surface area contributed by atoms with E-state index in [0.717, 1.165) is 39.8 Å². The molecule has 7 nitrogen and oxygen atoms in total. The van der Waals surface area contributed by atoms with Crippen LogP contribution in [0.2, 0.25) is 0 Å². The zero-order valence-corrected chi connectivity index (χ0v) is 22.0. The highest BCUT2D eigenvalue weighted by atomic mass is 127. The minimum atomic E-state index is -0.0648. The molecule has 0 atom stereocenters. The van der Waals surface area contributed by atoms with Crippen LogP contribution in [0.1, 0.15) is 0 Å². The maximum Gasteiger partial charge on any atom is 0.259 e. The van der Waals surface area contributed by atoms with Crippen LogP contribution < -0.4 is 53.1 Å². The quantitative estimate of drug-likeness (QED) is 0.200. The first-order chi connectivity index (χ1) is 17.2. The number of hydrogen-bond donors (Lipinski definition) is 0. The van der Waals surface area contributed by atoms with Crippen molar-refractivity contribution in [1.82, 2.24) is 4.57 Å². The summed E-state index contributed by atoms with van der Waals surface area (Å²) in [5, 5.41) is 2.11. The number of hydrogen-bond acceptors (Lipinski definition) is 5. The zero-order valence-electron chi connectivity index (χ0n) is 19.8. The van der Waals surface area contributed by atoms with Crippen LogP contribution in [0.25, 0.3) is 21.8 Å². The number of rotatable bonds is 4. The van der Waals surface area contributed by atoms with Gasteiger partial charge >= 0.3 is 0 Å². The van der Waals surface area contributed by atoms with E-state index in [1.165, 1.54) is 0 Å². The predicted molar refractivity (Wildman–Crippen MR) is 135 cm³/mol. The van der Waals surface area contributed by atoms with Gasteiger partial charge in [-0.25, -0.2) is 0 Å². The molecule has 0 N–H and O–H groups in total. The van der Waals surface area contributed by atoms with Crippen LogP contribution in [-0.2, 0) is 13.1 Å². The summed E-state index contributed by atoms with van der Waals surface area (Å²) in [6, 6.07) is 15.3. The number of ether oxygens (including phenoxy) is 4. The molecule has 6 rings (SSSR count). The summed E-state index contributed by atoms with van der Waals surface area (Å²) in [7, 11) is 0. The maximum atomic E-state index is 11.9. The van der Waals surface area contributed by atoms with Crippen LogP contribution >= 0.6 is 0 Å². The van der Waals surface area contributed by atoms with E-state index in [2.05, 4.69) is 29.9 Å². The predicted octanol–water partition coefficient (Wildman–Crippen LogP) is 1.05. The molecular formula is C28H27IN2O5. The molecule has 0 spiro atoms. The molecule has 0 amide bonds. The van der Waals surface area contributed by atoms with Gasteiger partial charge in [-0.2, -0.15) is 4.57 Å². The normalized spacial score (nSPS) is 13.2. The number of pyridine rings is 2. The van der Waals surface area contributed by atoms with Crippen LogP contribution in [0.15, 0.2) is 84.8 Å². The second-order valence-corrected chi connectivity index (χ2v) is 8.08. The number of halogens is 1. The van der Waals surface area contributed by atoms with Gasteiger partial charge in [0.1, 0.15) is 26.4 Å². The van der Waals surface area contributed by atoms with Crippen molar-refractivity contribution >= 4 is 21.8 Å². The SMILES string of the molecule is C=CC[n+]1cccc2ccc3c(c21)OCCO3.C=CCn1c(=O)ccc2ccc3c(c21)OCCO3.[I-]. The monoisotopic (exact) mass is 598 g/mol. The van der Waals surface area contributed by atoms with Gasteiger partial charge in [0.05, 0.1) is 10.9 Å². The van der Waals surface area contributed by atoms with Crippen molar-refractivity contribution in [2.24, 2.45) is 0 Å². The third-order valence-electron chi connectivity index (χ3n) is 5.84. The molecule has 0 aliphatic carbocycles. The molecule has 0 fully saturated rings. The first-order valence-corrected chi connectivity index (χ1v) is 11.6. The molecule has 4 aromatic rings. The highest BCUT2D eigenvalue weighted by Crippen LogP contribution is 2.37. The Kier molecular flexibility index (Phi) is 8.14. The summed E-state index contributed by atoms with van der Waals surface area (Å²) >= 11 is 0. The fraction of sp³-hybridized carbons (Fsp3) is 0.214. The van der Waals surface area contributed by atoms with Gasteiger partial charge in [-0.3, -0.25) is 4.79 Å². The molecule has 36 heavy (non-hydrogen) atoms. The van der Waals surface area contributed by atoms with E-state index in [1.807, 2.05) is 36.5 Å². The second-order valence-electron chi connectivity index (χ2n) is 8.08. The van der Waals surface area contributed by atoms with Crippen molar-refractivity contribution in [1.29, 1.82) is 0 Å². The van der Waals surface area contributed by atoms with E-state index < -0.39 is 0 Å². The van der Waals surface area contributed by atoms with Gasteiger partial charge < -0.3 is 47.5 Å². The fourth-order valence-corrected chi connectivity index (χ4v) is 4.36. The van der Waals surface area contributed by atoms with E-state index in [0.29, 0.717) is 44.5 Å². The first-order valence-electron chi connectivity index (χ1n) is 11.6. The van der Waals surface area contributed by atoms with Gasteiger partial charge in [0.2, 0.25) is 5.75 Å². The lowest BCUT2D eigenvalue weighted by molar-refractivity contribution is -0.661. The average molecular weight is 598 g/mol. The van der Waals surface area contributed by atoms with Crippen molar-refractivity contribution in [3.8, 4) is 23.0 Å². The Hall–Kier alpha value is -3.53. The molecule has 2 aromatic carbocycles. The first kappa shape index (κ1) is 25.6. The minimum absolute atomic E-state index is 0. The molecule has 0 saturated heterocycles. The molecule has 0 bridgehead atoms. The molecule has 186 valence electrons. The highest BCUT2D eigenvalue weighted by molar-refractivity contribution is 5.88. The molecular weight excluding hydrogens is 571 g/mol. The highest BCUT2D eigenvalue weighted by Gasteiger charge is 2.22. The van der Waals surface area contributed by atoms with Crippen LogP contribution in [0.4, 0.5) is 0 Å². The van der Waals surface area contributed by atoms with E-state index in [9.17, 15) is 4.79 Å². The Morgan fingerprint density at radius 2 is 1.44 bits per heavy atom. The van der Waals surface area contributed by atoms with E-state index in [1.54, 1.807) is 22.8 Å². The smallest absolute Gasteiger partial charge is 0.259 e. The minimum Gasteiger partial charge on any atom is -1.00 e. The van der Waals surface area contributed by atoms with Crippen LogP contribution in [0.3, 0.4) is 0 Å². The topological polar surface area (TPSA) is 62.8 Å². The lowest BCUT2D eigenvalue weighted by atomic mass is 10.1. The van der Waals surface area contributed by atoms with Crippen molar-refractivity contribution in [2.75, 3.05) is 26.4 Å². The van der Waals surface area contributed by atoms with Gasteiger partial charge in [0.25, 0.3) is 11.1 Å². The third kappa shape index (κ3) is 4.90. The van der Waals surface area contributed by atoms with Gasteiger partial charge in [-0.05, 0) is 42.5 Å². The fourth-order valence-electron chi connectivity index (χ4n) is 4.36. The molecule has 0 unspecified atom stereocenters. The van der Waals surface area contributed by atoms with Crippen molar-refractivity contribution in [2.45, 2.75) is 13.1 Å². The Morgan fingerprint density at radius 1 is 0.806 bits per heavy atom. The zero-order chi connectivity index (χ0) is 24.2. The molecule has 2 aromatic heterocycles. The van der Waals surface area contributed by atoms with Gasteiger partial charge in [-0.15, -0.1) is 6.58 Å². The van der Waals surface area contributed by atoms with Crippen molar-refractivity contribution in [3.63, 3.8) is 0 Å². The van der Waals surface area contributed by atoms with Gasteiger partial charge in [-0.1, -0.05) is 12.7 Å². The summed E-state index contributed by atoms with van der Waals surface area (Å²) in [4.78, 5) is 11.9. The number of nitrogens with zero attached hydrogens (tertiary/aromatic N) is 2. The summed E-state index contributed by atoms with van der Waals surface area (Å²) < 4.78 is 26.3. The molecule has 0 saturated carbocycles. The maximum absolute atomic E-state index is 11.9. The Balaban J connectivity index is 0.000000165. The van der Waals surface area contributed by atoms with E-state index in [-0.39, 0.29) is 29.5 Å². The number of benzene rings is 2. The van der Waals surface area contributed by atoms with Gasteiger partial charge in [0.15, 0.2) is 30.0 Å². The Labute approximate surface area is 226 Å². The van der Waals surface area contributed by atoms with E-state index in [4.69, 9.17) is 18.9 Å². The lowest BCUT2D eigenvalue weighted by Crippen LogP contribution is -3.00. The molecule has 2 aliphatic heterocycles. The second kappa shape index (κ2) is 11.5. The van der Waals surface area contributed by atoms with Crippen molar-refractivity contribution < 1.29 is 47.5 Å². The third-order valence-corrected chi connectivity index (χ3v) is 5.84. The Morgan fingerprint density at radius 3 is 2.17 bits per heavy atom. The number of fused-ring (bicyclic) bond motifs is 6. The van der Waals surface area contributed by atoms with Crippen LogP contribution in [0, 0.1) is 0 Å². The summed E-state index contributed by atoms with van der Waals surface area (Å²) in [5.41, 5.74) is 1.79. The average Bonchev–Trinajstić information content (AvgIpc) is 2.90. The van der Waals surface area contributed by atoms with Crippen LogP contribution in [-0.4, -0.2) is 31.0 Å². The molecule has 8 heteroatoms. The molecule has 0 radical (unpaired) electrons. The van der Waals surface area contributed by atoms with E-state index >= 15 is 0 Å². The Bertz CT molecular complexity index is 1480.